The van der Waals surface area contributed by atoms with Gasteiger partial charge in [0.25, 0.3) is 0 Å². The topological polar surface area (TPSA) is 55.8 Å². The number of anilines is 1. The zero-order valence-electron chi connectivity index (χ0n) is 14.1. The number of aryl methyl sites for hydroxylation is 1. The maximum Gasteiger partial charge on any atom is 0.189 e. The molecular formula is C17H24N6S. The Morgan fingerprint density at radius 2 is 2.12 bits per heavy atom. The van der Waals surface area contributed by atoms with Gasteiger partial charge in [0.2, 0.25) is 0 Å². The van der Waals surface area contributed by atoms with Crippen molar-refractivity contribution in [3.05, 3.63) is 23.5 Å². The summed E-state index contributed by atoms with van der Waals surface area (Å²) in [6, 6.07) is 2.86. The van der Waals surface area contributed by atoms with Crippen LogP contribution in [0.3, 0.4) is 0 Å². The lowest BCUT2D eigenvalue weighted by Crippen LogP contribution is -2.51. The number of piperazine rings is 1. The monoisotopic (exact) mass is 344 g/mol. The number of fused-ring (bicyclic) bond motifs is 1. The predicted octanol–water partition coefficient (Wildman–Crippen LogP) is 1.56. The van der Waals surface area contributed by atoms with Crippen LogP contribution < -0.4 is 10.7 Å². The number of hydrogen-bond donors (Lipinski definition) is 2. The van der Waals surface area contributed by atoms with Gasteiger partial charge in [0, 0.05) is 51.4 Å². The Morgan fingerprint density at radius 1 is 1.33 bits per heavy atom. The van der Waals surface area contributed by atoms with Crippen LogP contribution in [0.5, 0.6) is 0 Å². The van der Waals surface area contributed by atoms with Gasteiger partial charge in [-0.3, -0.25) is 15.3 Å². The summed E-state index contributed by atoms with van der Waals surface area (Å²) in [7, 11) is 0. The Bertz CT molecular complexity index is 661. The molecule has 0 aromatic carbocycles. The first-order valence-corrected chi connectivity index (χ1v) is 9.18. The van der Waals surface area contributed by atoms with E-state index in [1.54, 1.807) is 0 Å². The van der Waals surface area contributed by atoms with E-state index < -0.39 is 0 Å². The number of pyridine rings is 1. The smallest absolute Gasteiger partial charge is 0.189 e. The van der Waals surface area contributed by atoms with E-state index in [4.69, 9.17) is 12.2 Å². The molecule has 128 valence electrons. The molecule has 7 heteroatoms. The fraction of sp³-hybridized carbons (Fsp3) is 0.588. The molecule has 1 aliphatic carbocycles. The van der Waals surface area contributed by atoms with Crippen LogP contribution in [0.4, 0.5) is 5.69 Å². The minimum absolute atomic E-state index is 0.727. The summed E-state index contributed by atoms with van der Waals surface area (Å²) < 4.78 is 0. The van der Waals surface area contributed by atoms with Crippen LogP contribution >= 0.6 is 12.2 Å². The number of hydrogen-bond acceptors (Lipinski definition) is 5. The van der Waals surface area contributed by atoms with Crippen LogP contribution in [0.1, 0.15) is 30.5 Å². The second-order valence-electron chi connectivity index (χ2n) is 6.76. The van der Waals surface area contributed by atoms with Crippen molar-refractivity contribution in [1.82, 2.24) is 20.2 Å². The molecular weight excluding hydrogens is 320 g/mol. The Kier molecular flexibility index (Phi) is 4.37. The molecule has 0 atom stereocenters. The summed E-state index contributed by atoms with van der Waals surface area (Å²) in [5.74, 6) is 0. The molecule has 0 radical (unpaired) electrons. The van der Waals surface area contributed by atoms with Crippen molar-refractivity contribution in [2.24, 2.45) is 5.10 Å². The molecule has 2 aliphatic heterocycles. The normalized spacial score (nSPS) is 22.9. The lowest BCUT2D eigenvalue weighted by Gasteiger charge is -2.35. The molecule has 0 unspecified atom stereocenters. The molecule has 0 amide bonds. The molecule has 2 N–H and O–H groups in total. The van der Waals surface area contributed by atoms with E-state index in [1.807, 2.05) is 12.3 Å². The fourth-order valence-electron chi connectivity index (χ4n) is 3.45. The highest BCUT2D eigenvalue weighted by Crippen LogP contribution is 2.27. The highest BCUT2D eigenvalue weighted by atomic mass is 32.1. The summed E-state index contributed by atoms with van der Waals surface area (Å²) >= 11 is 5.54. The SMILES string of the molecule is Cc1ccnc2c1NCC/C2=N/NC(=S)N1CCN(C2CC2)CC1. The molecule has 1 aromatic heterocycles. The second-order valence-corrected chi connectivity index (χ2v) is 7.14. The number of aromatic nitrogens is 1. The fourth-order valence-corrected chi connectivity index (χ4v) is 3.68. The molecule has 0 spiro atoms. The summed E-state index contributed by atoms with van der Waals surface area (Å²) in [4.78, 5) is 9.30. The Hall–Kier alpha value is -1.73. The van der Waals surface area contributed by atoms with Gasteiger partial charge < -0.3 is 10.2 Å². The van der Waals surface area contributed by atoms with Crippen LogP contribution in [0.25, 0.3) is 0 Å². The first kappa shape index (κ1) is 15.8. The van der Waals surface area contributed by atoms with E-state index in [0.29, 0.717) is 0 Å². The highest BCUT2D eigenvalue weighted by Gasteiger charge is 2.31. The molecule has 2 fully saturated rings. The van der Waals surface area contributed by atoms with E-state index in [-0.39, 0.29) is 0 Å². The van der Waals surface area contributed by atoms with Gasteiger partial charge in [0.15, 0.2) is 5.11 Å². The van der Waals surface area contributed by atoms with Crippen molar-refractivity contribution in [3.8, 4) is 0 Å². The van der Waals surface area contributed by atoms with Gasteiger partial charge in [0.1, 0.15) is 5.69 Å². The molecule has 1 saturated carbocycles. The van der Waals surface area contributed by atoms with Gasteiger partial charge in [-0.05, 0) is 43.6 Å². The van der Waals surface area contributed by atoms with Crippen LogP contribution in [0.2, 0.25) is 0 Å². The molecule has 3 heterocycles. The van der Waals surface area contributed by atoms with E-state index in [0.717, 1.165) is 67.4 Å². The molecule has 0 bridgehead atoms. The minimum atomic E-state index is 0.727. The standard InChI is InChI=1S/C17H24N6S/c1-12-4-6-19-16-14(5-7-18-15(12)16)20-21-17(24)23-10-8-22(9-11-23)13-2-3-13/h4,6,13,18H,2-3,5,7-11H2,1H3,(H,21,24)/b20-14-. The van der Waals surface area contributed by atoms with Crippen LogP contribution in [0.15, 0.2) is 17.4 Å². The van der Waals surface area contributed by atoms with Crippen molar-refractivity contribution in [2.75, 3.05) is 38.0 Å². The summed E-state index contributed by atoms with van der Waals surface area (Å²) in [5, 5.41) is 8.72. The predicted molar refractivity (Wildman–Crippen MR) is 101 cm³/mol. The maximum atomic E-state index is 5.54. The minimum Gasteiger partial charge on any atom is -0.383 e. The van der Waals surface area contributed by atoms with Gasteiger partial charge in [0.05, 0.1) is 11.4 Å². The lowest BCUT2D eigenvalue weighted by atomic mass is 10.0. The first-order chi connectivity index (χ1) is 11.7. The van der Waals surface area contributed by atoms with Gasteiger partial charge in [-0.15, -0.1) is 0 Å². The molecule has 6 nitrogen and oxygen atoms in total. The zero-order chi connectivity index (χ0) is 16.5. The number of hydrazone groups is 1. The largest absolute Gasteiger partial charge is 0.383 e. The Balaban J connectivity index is 1.39. The number of nitrogens with one attached hydrogen (secondary N) is 2. The van der Waals surface area contributed by atoms with E-state index in [9.17, 15) is 0 Å². The van der Waals surface area contributed by atoms with Crippen LogP contribution in [-0.4, -0.2) is 64.4 Å². The Labute approximate surface area is 148 Å². The van der Waals surface area contributed by atoms with Gasteiger partial charge in [-0.1, -0.05) is 0 Å². The zero-order valence-corrected chi connectivity index (χ0v) is 14.9. The summed E-state index contributed by atoms with van der Waals surface area (Å²) in [5.41, 5.74) is 7.31. The molecule has 4 rings (SSSR count). The lowest BCUT2D eigenvalue weighted by molar-refractivity contribution is 0.173. The van der Waals surface area contributed by atoms with Gasteiger partial charge in [-0.2, -0.15) is 5.10 Å². The highest BCUT2D eigenvalue weighted by molar-refractivity contribution is 7.80. The average molecular weight is 344 g/mol. The van der Waals surface area contributed by atoms with Crippen molar-refractivity contribution < 1.29 is 0 Å². The third-order valence-corrected chi connectivity index (χ3v) is 5.40. The van der Waals surface area contributed by atoms with Gasteiger partial charge >= 0.3 is 0 Å². The van der Waals surface area contributed by atoms with E-state index in [1.165, 1.54) is 18.4 Å². The number of nitrogens with zero attached hydrogens (tertiary/aromatic N) is 4. The summed E-state index contributed by atoms with van der Waals surface area (Å²) in [6.45, 7) is 7.17. The molecule has 1 aromatic rings. The van der Waals surface area contributed by atoms with Crippen molar-refractivity contribution in [3.63, 3.8) is 0 Å². The first-order valence-electron chi connectivity index (χ1n) is 8.78. The van der Waals surface area contributed by atoms with Crippen LogP contribution in [0, 0.1) is 6.92 Å². The van der Waals surface area contributed by atoms with Crippen molar-refractivity contribution in [2.45, 2.75) is 32.2 Å². The average Bonchev–Trinajstić information content (AvgIpc) is 3.45. The molecule has 1 saturated heterocycles. The Morgan fingerprint density at radius 3 is 2.88 bits per heavy atom. The quantitative estimate of drug-likeness (QED) is 0.627. The molecule has 24 heavy (non-hydrogen) atoms. The summed E-state index contributed by atoms with van der Waals surface area (Å²) in [6.07, 6.45) is 5.44. The van der Waals surface area contributed by atoms with Crippen molar-refractivity contribution >= 4 is 28.7 Å². The molecule has 3 aliphatic rings. The second kappa shape index (κ2) is 6.64. The van der Waals surface area contributed by atoms with E-state index >= 15 is 0 Å². The number of thiocarbonyl (C=S) groups is 1. The maximum absolute atomic E-state index is 5.54. The number of rotatable bonds is 2. The van der Waals surface area contributed by atoms with Gasteiger partial charge in [-0.25, -0.2) is 0 Å². The van der Waals surface area contributed by atoms with Crippen LogP contribution in [-0.2, 0) is 0 Å². The third-order valence-electron chi connectivity index (χ3n) is 5.05. The third kappa shape index (κ3) is 3.23. The van der Waals surface area contributed by atoms with Crippen molar-refractivity contribution in [1.29, 1.82) is 0 Å². The van der Waals surface area contributed by atoms with E-state index in [2.05, 4.69) is 37.6 Å².